The average molecular weight is 543 g/mol. The minimum atomic E-state index is -0.966. The molecule has 2 N–H and O–H groups in total. The van der Waals surface area contributed by atoms with Crippen LogP contribution in [-0.4, -0.2) is 33.1 Å². The Morgan fingerprint density at radius 3 is 2.47 bits per heavy atom. The maximum atomic E-state index is 15.0. The highest BCUT2D eigenvalue weighted by Gasteiger charge is 2.14. The summed E-state index contributed by atoms with van der Waals surface area (Å²) in [4.78, 5) is 15.3. The van der Waals surface area contributed by atoms with Gasteiger partial charge in [0.15, 0.2) is 0 Å². The van der Waals surface area contributed by atoms with E-state index in [1.54, 1.807) is 31.5 Å². The molecule has 5 nitrogen and oxygen atoms in total. The van der Waals surface area contributed by atoms with Crippen LogP contribution in [0.3, 0.4) is 0 Å². The lowest BCUT2D eigenvalue weighted by Crippen LogP contribution is -2.19. The summed E-state index contributed by atoms with van der Waals surface area (Å²) in [6.45, 7) is 13.9. The Hall–Kier alpha value is -3.06. The molecule has 1 aromatic rings. The highest BCUT2D eigenvalue weighted by atomic mass is 32.2. The molecule has 0 amide bonds. The highest BCUT2D eigenvalue weighted by molar-refractivity contribution is 7.84. The molecule has 7 heteroatoms. The molecular formula is C31H43FN2O3S. The second kappa shape index (κ2) is 18.2. The van der Waals surface area contributed by atoms with Gasteiger partial charge in [0.2, 0.25) is 0 Å². The van der Waals surface area contributed by atoms with Crippen LogP contribution < -0.4 is 5.32 Å². The molecule has 0 aromatic heterocycles. The largest absolute Gasteiger partial charge is 0.481 e. The van der Waals surface area contributed by atoms with Gasteiger partial charge in [0, 0.05) is 41.0 Å². The van der Waals surface area contributed by atoms with Gasteiger partial charge in [0.25, 0.3) is 0 Å². The van der Waals surface area contributed by atoms with E-state index in [1.165, 1.54) is 17.8 Å². The Balaban J connectivity index is 2.81. The Labute approximate surface area is 230 Å². The molecule has 0 fully saturated rings. The number of aliphatic carboxylic acids is 1. The molecule has 38 heavy (non-hydrogen) atoms. The van der Waals surface area contributed by atoms with Crippen molar-refractivity contribution < 1.29 is 18.5 Å². The lowest BCUT2D eigenvalue weighted by molar-refractivity contribution is -0.138. The van der Waals surface area contributed by atoms with Gasteiger partial charge in [-0.1, -0.05) is 82.7 Å². The van der Waals surface area contributed by atoms with Crippen molar-refractivity contribution in [1.29, 1.82) is 0 Å². The monoisotopic (exact) mass is 542 g/mol. The van der Waals surface area contributed by atoms with Gasteiger partial charge < -0.3 is 10.4 Å². The predicted molar refractivity (Wildman–Crippen MR) is 160 cm³/mol. The van der Waals surface area contributed by atoms with E-state index in [4.69, 9.17) is 5.11 Å². The molecule has 0 spiro atoms. The fourth-order valence-electron chi connectivity index (χ4n) is 4.02. The van der Waals surface area contributed by atoms with Crippen LogP contribution in [0.15, 0.2) is 84.4 Å². The van der Waals surface area contributed by atoms with Gasteiger partial charge in [-0.25, -0.2) is 9.38 Å². The van der Waals surface area contributed by atoms with Crippen molar-refractivity contribution in [2.75, 3.05) is 12.0 Å². The molecule has 3 atom stereocenters. The van der Waals surface area contributed by atoms with E-state index < -0.39 is 22.6 Å². The van der Waals surface area contributed by atoms with Gasteiger partial charge in [-0.3, -0.25) is 9.00 Å². The first-order chi connectivity index (χ1) is 18.1. The van der Waals surface area contributed by atoms with E-state index in [9.17, 15) is 9.00 Å². The molecule has 1 rings (SSSR count). The van der Waals surface area contributed by atoms with E-state index in [0.29, 0.717) is 17.2 Å². The van der Waals surface area contributed by atoms with Gasteiger partial charge in [-0.05, 0) is 60.6 Å². The Bertz CT molecular complexity index is 1070. The molecule has 0 saturated carbocycles. The molecule has 0 heterocycles. The number of nitrogens with one attached hydrogen (secondary N) is 1. The van der Waals surface area contributed by atoms with Crippen LogP contribution in [0.5, 0.6) is 0 Å². The number of carboxylic acids is 1. The minimum absolute atomic E-state index is 0.0843. The van der Waals surface area contributed by atoms with Crippen LogP contribution in [0.1, 0.15) is 76.3 Å². The molecule has 0 aliphatic rings. The quantitative estimate of drug-likeness (QED) is 0.120. The fraction of sp³-hybridized carbons (Fsp3) is 0.419. The van der Waals surface area contributed by atoms with Crippen LogP contribution in [0.4, 0.5) is 4.39 Å². The zero-order valence-electron chi connectivity index (χ0n) is 23.2. The molecule has 3 unspecified atom stereocenters. The van der Waals surface area contributed by atoms with Gasteiger partial charge in [-0.15, -0.1) is 0 Å². The second-order valence-electron chi connectivity index (χ2n) is 9.45. The standard InChI is InChI=1S/C31H43FN2O3S/c1-7-11-26(22-30(35)36)13-9-12-23(3)27-14-16-28(17-15-27)24(4)21-29(32)25(5)31(33-18-8-2)34-19-10-20-38(6)37/h8,10,14-19,21,23,26H,4-5,7,9,11-13,20,22H2,1-3,6H3,(H,33,34)(H,35,36)/b18-8+,19-10+,29-21+. The third kappa shape index (κ3) is 13.0. The summed E-state index contributed by atoms with van der Waals surface area (Å²) >= 11 is 0. The van der Waals surface area contributed by atoms with Crippen LogP contribution in [0, 0.1) is 5.92 Å². The summed E-state index contributed by atoms with van der Waals surface area (Å²) < 4.78 is 26.3. The molecule has 1 aromatic carbocycles. The maximum Gasteiger partial charge on any atom is 0.303 e. The third-order valence-electron chi connectivity index (χ3n) is 6.16. The smallest absolute Gasteiger partial charge is 0.303 e. The van der Waals surface area contributed by atoms with Crippen molar-refractivity contribution in [2.45, 2.75) is 65.2 Å². The SMILES string of the molecule is C=C(C(=N/C=C/C)N/C=C/CS(C)=O)/C(F)=C\C(=C)c1ccc(C(C)CCCC(CCC)CC(=O)O)cc1. The van der Waals surface area contributed by atoms with Crippen molar-refractivity contribution in [3.63, 3.8) is 0 Å². The summed E-state index contributed by atoms with van der Waals surface area (Å²) in [5.41, 5.74) is 2.59. The Kier molecular flexibility index (Phi) is 15.8. The molecular weight excluding hydrogens is 499 g/mol. The normalized spacial score (nSPS) is 15.0. The Morgan fingerprint density at radius 2 is 1.89 bits per heavy atom. The second-order valence-corrected chi connectivity index (χ2v) is 10.9. The fourth-order valence-corrected chi connectivity index (χ4v) is 4.39. The number of benzene rings is 1. The molecule has 208 valence electrons. The Morgan fingerprint density at radius 1 is 1.21 bits per heavy atom. The van der Waals surface area contributed by atoms with Gasteiger partial charge in [0.05, 0.1) is 0 Å². The van der Waals surface area contributed by atoms with Crippen LogP contribution in [0.2, 0.25) is 0 Å². The molecule has 0 radical (unpaired) electrons. The highest BCUT2D eigenvalue weighted by Crippen LogP contribution is 2.27. The molecule has 0 aliphatic heterocycles. The van der Waals surface area contributed by atoms with Crippen molar-refractivity contribution >= 4 is 28.2 Å². The first kappa shape index (κ1) is 33.0. The molecule has 0 saturated heterocycles. The molecule has 0 bridgehead atoms. The summed E-state index contributed by atoms with van der Waals surface area (Å²) in [5.74, 6) is -0.0733. The number of nitrogens with zero attached hydrogens (tertiary/aromatic N) is 1. The number of carboxylic acid groups (broad SMARTS) is 1. The van der Waals surface area contributed by atoms with Crippen LogP contribution in [0.25, 0.3) is 5.57 Å². The van der Waals surface area contributed by atoms with Crippen LogP contribution in [-0.2, 0) is 15.6 Å². The number of hydrogen-bond acceptors (Lipinski definition) is 3. The lowest BCUT2D eigenvalue weighted by Gasteiger charge is -2.16. The van der Waals surface area contributed by atoms with Crippen molar-refractivity contribution in [3.05, 3.63) is 90.6 Å². The number of carbonyl (C=O) groups is 1. The van der Waals surface area contributed by atoms with Crippen molar-refractivity contribution in [3.8, 4) is 0 Å². The van der Waals surface area contributed by atoms with E-state index in [0.717, 1.165) is 37.7 Å². The average Bonchev–Trinajstić information content (AvgIpc) is 2.87. The lowest BCUT2D eigenvalue weighted by atomic mass is 9.89. The van der Waals surface area contributed by atoms with Gasteiger partial charge in [0.1, 0.15) is 11.7 Å². The summed E-state index contributed by atoms with van der Waals surface area (Å²) in [6.07, 6.45) is 14.6. The molecule has 0 aliphatic carbocycles. The van der Waals surface area contributed by atoms with Gasteiger partial charge >= 0.3 is 5.97 Å². The van der Waals surface area contributed by atoms with Crippen molar-refractivity contribution in [1.82, 2.24) is 5.32 Å². The summed E-state index contributed by atoms with van der Waals surface area (Å²) in [5, 5.41) is 12.0. The zero-order chi connectivity index (χ0) is 28.5. The number of allylic oxidation sites excluding steroid dienone is 3. The first-order valence-electron chi connectivity index (χ1n) is 13.1. The summed E-state index contributed by atoms with van der Waals surface area (Å²) in [7, 11) is -0.966. The number of amidine groups is 1. The van der Waals surface area contributed by atoms with E-state index in [2.05, 4.69) is 37.3 Å². The summed E-state index contributed by atoms with van der Waals surface area (Å²) in [6, 6.07) is 7.95. The topological polar surface area (TPSA) is 78.8 Å². The van der Waals surface area contributed by atoms with Crippen LogP contribution >= 0.6 is 0 Å². The number of aliphatic imine (C=N–C) groups is 1. The van der Waals surface area contributed by atoms with Crippen molar-refractivity contribution in [2.24, 2.45) is 10.9 Å². The van der Waals surface area contributed by atoms with E-state index >= 15 is 4.39 Å². The first-order valence-corrected chi connectivity index (χ1v) is 14.8. The zero-order valence-corrected chi connectivity index (χ0v) is 24.0. The van der Waals surface area contributed by atoms with Gasteiger partial charge in [-0.2, -0.15) is 0 Å². The van der Waals surface area contributed by atoms with E-state index in [1.807, 2.05) is 24.3 Å². The maximum absolute atomic E-state index is 15.0. The minimum Gasteiger partial charge on any atom is -0.481 e. The third-order valence-corrected chi connectivity index (χ3v) is 6.82. The number of halogens is 1. The van der Waals surface area contributed by atoms with E-state index in [-0.39, 0.29) is 23.7 Å². The number of rotatable bonds is 17. The number of hydrogen-bond donors (Lipinski definition) is 2. The predicted octanol–water partition coefficient (Wildman–Crippen LogP) is 7.69.